The molecule has 1 aromatic carbocycles. The zero-order valence-electron chi connectivity index (χ0n) is 14.8. The standard InChI is InChI=1S/C19H22N2O4S/c1-12(2)18(21-17(22)9-14-4-3-7-26-14)19(23)20-10-13-5-6-15-16(8-13)25-11-24-15/h3-8,12,18H,9-11H2,1-2H3,(H,20,23)(H,21,22)/t18-/m1/s1. The largest absolute Gasteiger partial charge is 0.454 e. The highest BCUT2D eigenvalue weighted by Crippen LogP contribution is 2.32. The number of benzene rings is 1. The summed E-state index contributed by atoms with van der Waals surface area (Å²) in [6, 6.07) is 8.80. The normalized spacial score (nSPS) is 13.5. The maximum absolute atomic E-state index is 12.6. The van der Waals surface area contributed by atoms with Gasteiger partial charge in [0.1, 0.15) is 6.04 Å². The van der Waals surface area contributed by atoms with Gasteiger partial charge in [-0.3, -0.25) is 9.59 Å². The van der Waals surface area contributed by atoms with Gasteiger partial charge in [-0.1, -0.05) is 26.0 Å². The van der Waals surface area contributed by atoms with Crippen molar-refractivity contribution in [2.24, 2.45) is 5.92 Å². The Morgan fingerprint density at radius 3 is 2.73 bits per heavy atom. The molecular formula is C19H22N2O4S. The summed E-state index contributed by atoms with van der Waals surface area (Å²) < 4.78 is 10.6. The SMILES string of the molecule is CC(C)[C@@H](NC(=O)Cc1cccs1)C(=O)NCc1ccc2c(c1)OCO2. The van der Waals surface area contributed by atoms with Crippen LogP contribution in [0.1, 0.15) is 24.3 Å². The molecule has 0 aliphatic carbocycles. The number of thiophene rings is 1. The number of rotatable bonds is 7. The van der Waals surface area contributed by atoms with Gasteiger partial charge in [0.15, 0.2) is 11.5 Å². The monoisotopic (exact) mass is 374 g/mol. The molecule has 3 rings (SSSR count). The van der Waals surface area contributed by atoms with Crippen molar-refractivity contribution < 1.29 is 19.1 Å². The molecule has 26 heavy (non-hydrogen) atoms. The first-order chi connectivity index (χ1) is 12.5. The van der Waals surface area contributed by atoms with Gasteiger partial charge in [-0.25, -0.2) is 0 Å². The molecule has 6 nitrogen and oxygen atoms in total. The number of amides is 2. The lowest BCUT2D eigenvalue weighted by molar-refractivity contribution is -0.129. The molecular weight excluding hydrogens is 352 g/mol. The van der Waals surface area contributed by atoms with Crippen LogP contribution in [0.15, 0.2) is 35.7 Å². The minimum absolute atomic E-state index is 0.0148. The van der Waals surface area contributed by atoms with Gasteiger partial charge in [0.25, 0.3) is 0 Å². The minimum atomic E-state index is -0.573. The van der Waals surface area contributed by atoms with Crippen molar-refractivity contribution in [2.75, 3.05) is 6.79 Å². The quantitative estimate of drug-likeness (QED) is 0.781. The predicted molar refractivity (Wildman–Crippen MR) is 99.2 cm³/mol. The second-order valence-corrected chi connectivity index (χ2v) is 7.48. The zero-order chi connectivity index (χ0) is 18.5. The van der Waals surface area contributed by atoms with Crippen LogP contribution in [0.4, 0.5) is 0 Å². The van der Waals surface area contributed by atoms with Gasteiger partial charge in [-0.2, -0.15) is 0 Å². The number of hydrogen-bond acceptors (Lipinski definition) is 5. The Hall–Kier alpha value is -2.54. The fraction of sp³-hybridized carbons (Fsp3) is 0.368. The van der Waals surface area contributed by atoms with Crippen LogP contribution in [0.25, 0.3) is 0 Å². The molecule has 0 fully saturated rings. The minimum Gasteiger partial charge on any atom is -0.454 e. The number of fused-ring (bicyclic) bond motifs is 1. The Labute approximate surface area is 156 Å². The molecule has 0 saturated heterocycles. The van der Waals surface area contributed by atoms with E-state index in [2.05, 4.69) is 10.6 Å². The number of nitrogens with one attached hydrogen (secondary N) is 2. The summed E-state index contributed by atoms with van der Waals surface area (Å²) in [5, 5.41) is 7.66. The molecule has 0 spiro atoms. The van der Waals surface area contributed by atoms with Crippen LogP contribution in [-0.2, 0) is 22.6 Å². The van der Waals surface area contributed by atoms with E-state index in [1.54, 1.807) is 0 Å². The van der Waals surface area contributed by atoms with E-state index >= 15 is 0 Å². The maximum Gasteiger partial charge on any atom is 0.243 e. The van der Waals surface area contributed by atoms with Gasteiger partial charge < -0.3 is 20.1 Å². The van der Waals surface area contributed by atoms with Crippen LogP contribution in [0.3, 0.4) is 0 Å². The lowest BCUT2D eigenvalue weighted by Gasteiger charge is -2.21. The summed E-state index contributed by atoms with van der Waals surface area (Å²) in [4.78, 5) is 25.7. The lowest BCUT2D eigenvalue weighted by atomic mass is 10.0. The van der Waals surface area contributed by atoms with Crippen LogP contribution in [0, 0.1) is 5.92 Å². The van der Waals surface area contributed by atoms with Gasteiger partial charge in [-0.15, -0.1) is 11.3 Å². The molecule has 2 N–H and O–H groups in total. The third-order valence-electron chi connectivity index (χ3n) is 4.08. The summed E-state index contributed by atoms with van der Waals surface area (Å²) in [6.45, 7) is 4.41. The van der Waals surface area contributed by atoms with E-state index in [0.717, 1.165) is 10.4 Å². The molecule has 1 aliphatic heterocycles. The average molecular weight is 374 g/mol. The lowest BCUT2D eigenvalue weighted by Crippen LogP contribution is -2.49. The van der Waals surface area contributed by atoms with E-state index in [0.29, 0.717) is 18.0 Å². The van der Waals surface area contributed by atoms with Crippen molar-refractivity contribution in [1.29, 1.82) is 0 Å². The van der Waals surface area contributed by atoms with E-state index in [9.17, 15) is 9.59 Å². The summed E-state index contributed by atoms with van der Waals surface area (Å²) in [7, 11) is 0. The van der Waals surface area contributed by atoms with Gasteiger partial charge in [-0.05, 0) is 35.1 Å². The number of carbonyl (C=O) groups is 2. The smallest absolute Gasteiger partial charge is 0.243 e. The van der Waals surface area contributed by atoms with E-state index < -0.39 is 6.04 Å². The van der Waals surface area contributed by atoms with Crippen LogP contribution in [-0.4, -0.2) is 24.6 Å². The number of hydrogen-bond donors (Lipinski definition) is 2. The van der Waals surface area contributed by atoms with Crippen LogP contribution in [0.5, 0.6) is 11.5 Å². The Kier molecular flexibility index (Phi) is 5.78. The highest BCUT2D eigenvalue weighted by Gasteiger charge is 2.24. The molecule has 2 amide bonds. The fourth-order valence-corrected chi connectivity index (χ4v) is 3.38. The van der Waals surface area contributed by atoms with E-state index in [4.69, 9.17) is 9.47 Å². The van der Waals surface area contributed by atoms with E-state index in [1.807, 2.05) is 49.6 Å². The van der Waals surface area contributed by atoms with Crippen molar-refractivity contribution in [1.82, 2.24) is 10.6 Å². The van der Waals surface area contributed by atoms with Crippen LogP contribution < -0.4 is 20.1 Å². The van der Waals surface area contributed by atoms with Crippen molar-refractivity contribution in [3.63, 3.8) is 0 Å². The first-order valence-electron chi connectivity index (χ1n) is 8.51. The molecule has 0 unspecified atom stereocenters. The van der Waals surface area contributed by atoms with Crippen LogP contribution in [0.2, 0.25) is 0 Å². The topological polar surface area (TPSA) is 76.7 Å². The Morgan fingerprint density at radius 1 is 1.19 bits per heavy atom. The zero-order valence-corrected chi connectivity index (χ0v) is 15.6. The van der Waals surface area contributed by atoms with E-state index in [1.165, 1.54) is 11.3 Å². The highest BCUT2D eigenvalue weighted by molar-refractivity contribution is 7.10. The van der Waals surface area contributed by atoms with Gasteiger partial charge in [0.2, 0.25) is 18.6 Å². The third kappa shape index (κ3) is 4.54. The van der Waals surface area contributed by atoms with Gasteiger partial charge in [0, 0.05) is 11.4 Å². The molecule has 138 valence electrons. The third-order valence-corrected chi connectivity index (χ3v) is 4.96. The summed E-state index contributed by atoms with van der Waals surface area (Å²) in [5.41, 5.74) is 0.912. The molecule has 1 atom stereocenters. The molecule has 2 aromatic rings. The van der Waals surface area contributed by atoms with Gasteiger partial charge >= 0.3 is 0 Å². The van der Waals surface area contributed by atoms with Crippen molar-refractivity contribution in [2.45, 2.75) is 32.9 Å². The fourth-order valence-electron chi connectivity index (χ4n) is 2.68. The van der Waals surface area contributed by atoms with Crippen molar-refractivity contribution in [3.8, 4) is 11.5 Å². The predicted octanol–water partition coefficient (Wildman–Crippen LogP) is 2.48. The van der Waals surface area contributed by atoms with E-state index in [-0.39, 0.29) is 30.9 Å². The molecule has 1 aliphatic rings. The molecule has 2 heterocycles. The van der Waals surface area contributed by atoms with Crippen LogP contribution >= 0.6 is 11.3 Å². The highest BCUT2D eigenvalue weighted by atomic mass is 32.1. The van der Waals surface area contributed by atoms with Crippen molar-refractivity contribution >= 4 is 23.2 Å². The van der Waals surface area contributed by atoms with Gasteiger partial charge in [0.05, 0.1) is 6.42 Å². The Bertz CT molecular complexity index is 774. The molecule has 7 heteroatoms. The summed E-state index contributed by atoms with van der Waals surface area (Å²) >= 11 is 1.53. The Morgan fingerprint density at radius 2 is 2.00 bits per heavy atom. The first-order valence-corrected chi connectivity index (χ1v) is 9.39. The number of carbonyl (C=O) groups excluding carboxylic acids is 2. The molecule has 1 aromatic heterocycles. The second kappa shape index (κ2) is 8.23. The molecule has 0 radical (unpaired) electrons. The maximum atomic E-state index is 12.6. The van der Waals surface area contributed by atoms with Crippen molar-refractivity contribution in [3.05, 3.63) is 46.2 Å². The average Bonchev–Trinajstić information content (AvgIpc) is 3.28. The summed E-state index contributed by atoms with van der Waals surface area (Å²) in [5.74, 6) is 1.03. The molecule has 0 saturated carbocycles. The summed E-state index contributed by atoms with van der Waals surface area (Å²) in [6.07, 6.45) is 0.288. The number of ether oxygens (including phenoxy) is 2. The second-order valence-electron chi connectivity index (χ2n) is 6.45. The molecule has 0 bridgehead atoms. The first kappa shape index (κ1) is 18.3. The Balaban J connectivity index is 1.55.